The fourth-order valence-electron chi connectivity index (χ4n) is 3.06. The van der Waals surface area contributed by atoms with Crippen molar-refractivity contribution in [2.24, 2.45) is 0 Å². The predicted octanol–water partition coefficient (Wildman–Crippen LogP) is 1.33. The maximum Gasteiger partial charge on any atom is 0.267 e. The molecule has 3 rings (SSSR count). The average molecular weight is 347 g/mol. The van der Waals surface area contributed by atoms with E-state index in [4.69, 9.17) is 0 Å². The van der Waals surface area contributed by atoms with Crippen LogP contribution in [0.15, 0.2) is 34.0 Å². The Balaban J connectivity index is 1.71. The molecule has 1 N–H and O–H groups in total. The number of sulfonamides is 1. The van der Waals surface area contributed by atoms with Crippen molar-refractivity contribution in [1.82, 2.24) is 14.5 Å². The molecule has 1 heterocycles. The molecule has 128 valence electrons. The van der Waals surface area contributed by atoms with E-state index in [1.54, 1.807) is 18.2 Å². The SMILES string of the molecule is Cc1cc(C)cc(S(=O)(=O)NCCn2nc3c(cc2=O)CCC3)c1. The van der Waals surface area contributed by atoms with E-state index in [9.17, 15) is 13.2 Å². The number of hydrogen-bond donors (Lipinski definition) is 1. The highest BCUT2D eigenvalue weighted by atomic mass is 32.2. The first-order chi connectivity index (χ1) is 11.3. The van der Waals surface area contributed by atoms with Gasteiger partial charge in [-0.25, -0.2) is 17.8 Å². The van der Waals surface area contributed by atoms with Gasteiger partial charge in [0.15, 0.2) is 0 Å². The molecular formula is C17H21N3O3S. The summed E-state index contributed by atoms with van der Waals surface area (Å²) < 4.78 is 28.6. The van der Waals surface area contributed by atoms with E-state index in [-0.39, 0.29) is 23.5 Å². The second-order valence-corrected chi connectivity index (χ2v) is 8.02. The van der Waals surface area contributed by atoms with Crippen molar-refractivity contribution in [2.45, 2.75) is 44.6 Å². The maximum atomic E-state index is 12.4. The minimum Gasteiger partial charge on any atom is -0.268 e. The van der Waals surface area contributed by atoms with Gasteiger partial charge in [0.2, 0.25) is 10.0 Å². The van der Waals surface area contributed by atoms with Crippen LogP contribution in [0.2, 0.25) is 0 Å². The number of nitrogens with one attached hydrogen (secondary N) is 1. The summed E-state index contributed by atoms with van der Waals surface area (Å²) >= 11 is 0. The van der Waals surface area contributed by atoms with Gasteiger partial charge in [-0.2, -0.15) is 5.10 Å². The summed E-state index contributed by atoms with van der Waals surface area (Å²) in [7, 11) is -3.59. The molecule has 0 bridgehead atoms. The normalized spacial score (nSPS) is 13.9. The zero-order valence-corrected chi connectivity index (χ0v) is 14.7. The lowest BCUT2D eigenvalue weighted by Crippen LogP contribution is -2.32. The Bertz CT molecular complexity index is 912. The van der Waals surface area contributed by atoms with Crippen molar-refractivity contribution in [3.63, 3.8) is 0 Å². The van der Waals surface area contributed by atoms with Gasteiger partial charge in [0.1, 0.15) is 0 Å². The molecule has 0 fully saturated rings. The molecule has 0 saturated carbocycles. The summed E-state index contributed by atoms with van der Waals surface area (Å²) in [5.74, 6) is 0. The molecule has 1 aromatic carbocycles. The Hall–Kier alpha value is -1.99. The summed E-state index contributed by atoms with van der Waals surface area (Å²) in [6.45, 7) is 4.07. The van der Waals surface area contributed by atoms with Crippen molar-refractivity contribution in [2.75, 3.05) is 6.54 Å². The lowest BCUT2D eigenvalue weighted by Gasteiger charge is -2.10. The van der Waals surface area contributed by atoms with Gasteiger partial charge in [0.25, 0.3) is 5.56 Å². The molecular weight excluding hydrogens is 326 g/mol. The highest BCUT2D eigenvalue weighted by molar-refractivity contribution is 7.89. The van der Waals surface area contributed by atoms with Gasteiger partial charge in [-0.3, -0.25) is 4.79 Å². The van der Waals surface area contributed by atoms with Gasteiger partial charge in [-0.15, -0.1) is 0 Å². The summed E-state index contributed by atoms with van der Waals surface area (Å²) in [6.07, 6.45) is 2.80. The molecule has 0 spiro atoms. The number of nitrogens with zero attached hydrogens (tertiary/aromatic N) is 2. The number of hydrogen-bond acceptors (Lipinski definition) is 4. The molecule has 24 heavy (non-hydrogen) atoms. The van der Waals surface area contributed by atoms with Crippen LogP contribution < -0.4 is 10.3 Å². The minimum atomic E-state index is -3.59. The van der Waals surface area contributed by atoms with Crippen LogP contribution in [0.4, 0.5) is 0 Å². The van der Waals surface area contributed by atoms with E-state index in [1.165, 1.54) is 4.68 Å². The molecule has 2 aromatic rings. The molecule has 0 amide bonds. The fourth-order valence-corrected chi connectivity index (χ4v) is 4.27. The van der Waals surface area contributed by atoms with E-state index < -0.39 is 10.0 Å². The minimum absolute atomic E-state index is 0.126. The second kappa shape index (κ2) is 6.49. The first kappa shape index (κ1) is 16.9. The van der Waals surface area contributed by atoms with Crippen LogP contribution in [0, 0.1) is 13.8 Å². The van der Waals surface area contributed by atoms with Crippen LogP contribution >= 0.6 is 0 Å². The van der Waals surface area contributed by atoms with Gasteiger partial charge >= 0.3 is 0 Å². The van der Waals surface area contributed by atoms with Crippen LogP contribution in [0.3, 0.4) is 0 Å². The van der Waals surface area contributed by atoms with E-state index in [0.717, 1.165) is 41.6 Å². The van der Waals surface area contributed by atoms with Crippen LogP contribution in [-0.4, -0.2) is 24.7 Å². The molecule has 0 saturated heterocycles. The molecule has 7 heteroatoms. The van der Waals surface area contributed by atoms with Crippen LogP contribution in [0.1, 0.15) is 28.8 Å². The molecule has 1 aromatic heterocycles. The smallest absolute Gasteiger partial charge is 0.267 e. The number of aromatic nitrogens is 2. The standard InChI is InChI=1S/C17H21N3O3S/c1-12-8-13(2)10-15(9-12)24(22,23)18-6-7-20-17(21)11-14-4-3-5-16(14)19-20/h8-11,18H,3-7H2,1-2H3. The number of aryl methyl sites for hydroxylation is 4. The highest BCUT2D eigenvalue weighted by Crippen LogP contribution is 2.17. The Kier molecular flexibility index (Phi) is 4.56. The van der Waals surface area contributed by atoms with Gasteiger partial charge < -0.3 is 0 Å². The first-order valence-corrected chi connectivity index (χ1v) is 9.51. The largest absolute Gasteiger partial charge is 0.268 e. The van der Waals surface area contributed by atoms with Gasteiger partial charge in [0.05, 0.1) is 17.1 Å². The van der Waals surface area contributed by atoms with Crippen molar-refractivity contribution < 1.29 is 8.42 Å². The molecule has 0 unspecified atom stereocenters. The third kappa shape index (κ3) is 3.57. The molecule has 0 radical (unpaired) electrons. The van der Waals surface area contributed by atoms with E-state index in [2.05, 4.69) is 9.82 Å². The Morgan fingerprint density at radius 2 is 1.83 bits per heavy atom. The zero-order chi connectivity index (χ0) is 17.3. The maximum absolute atomic E-state index is 12.4. The average Bonchev–Trinajstić information content (AvgIpc) is 2.93. The Morgan fingerprint density at radius 3 is 2.54 bits per heavy atom. The van der Waals surface area contributed by atoms with Crippen molar-refractivity contribution >= 4 is 10.0 Å². The van der Waals surface area contributed by atoms with Crippen LogP contribution in [0.25, 0.3) is 0 Å². The van der Waals surface area contributed by atoms with Crippen LogP contribution in [-0.2, 0) is 29.4 Å². The third-order valence-electron chi connectivity index (χ3n) is 4.15. The van der Waals surface area contributed by atoms with E-state index in [0.29, 0.717) is 0 Å². The number of benzene rings is 1. The Labute approximate surface area is 141 Å². The molecule has 0 atom stereocenters. The molecule has 1 aliphatic rings. The lowest BCUT2D eigenvalue weighted by molar-refractivity contribution is 0.541. The molecule has 0 aliphatic heterocycles. The third-order valence-corrected chi connectivity index (χ3v) is 5.59. The van der Waals surface area contributed by atoms with Crippen molar-refractivity contribution in [3.8, 4) is 0 Å². The number of rotatable bonds is 5. The van der Waals surface area contributed by atoms with E-state index in [1.807, 2.05) is 19.9 Å². The fraction of sp³-hybridized carbons (Fsp3) is 0.412. The summed E-state index contributed by atoms with van der Waals surface area (Å²) in [5, 5.41) is 4.34. The van der Waals surface area contributed by atoms with Crippen molar-refractivity contribution in [1.29, 1.82) is 0 Å². The molecule has 6 nitrogen and oxygen atoms in total. The number of fused-ring (bicyclic) bond motifs is 1. The van der Waals surface area contributed by atoms with Gasteiger partial charge in [-0.05, 0) is 61.9 Å². The van der Waals surface area contributed by atoms with Gasteiger partial charge in [-0.1, -0.05) is 6.07 Å². The molecule has 1 aliphatic carbocycles. The van der Waals surface area contributed by atoms with E-state index >= 15 is 0 Å². The summed E-state index contributed by atoms with van der Waals surface area (Å²) in [6, 6.07) is 6.81. The summed E-state index contributed by atoms with van der Waals surface area (Å²) in [4.78, 5) is 12.3. The van der Waals surface area contributed by atoms with Crippen molar-refractivity contribution in [3.05, 3.63) is 57.0 Å². The second-order valence-electron chi connectivity index (χ2n) is 6.25. The summed E-state index contributed by atoms with van der Waals surface area (Å²) in [5.41, 5.74) is 3.58. The zero-order valence-electron chi connectivity index (χ0n) is 13.9. The van der Waals surface area contributed by atoms with Gasteiger partial charge in [0, 0.05) is 12.6 Å². The van der Waals surface area contributed by atoms with Crippen LogP contribution in [0.5, 0.6) is 0 Å². The lowest BCUT2D eigenvalue weighted by atomic mass is 10.2. The topological polar surface area (TPSA) is 81.1 Å². The predicted molar refractivity (Wildman–Crippen MR) is 91.6 cm³/mol. The quantitative estimate of drug-likeness (QED) is 0.885. The first-order valence-electron chi connectivity index (χ1n) is 8.03. The monoisotopic (exact) mass is 347 g/mol. The highest BCUT2D eigenvalue weighted by Gasteiger charge is 2.16. The Morgan fingerprint density at radius 1 is 1.12 bits per heavy atom.